The Balaban J connectivity index is 1.33. The van der Waals surface area contributed by atoms with Crippen molar-refractivity contribution in [3.8, 4) is 5.75 Å². The Morgan fingerprint density at radius 1 is 1.17 bits per heavy atom. The van der Waals surface area contributed by atoms with Gasteiger partial charge in [-0.1, -0.05) is 23.7 Å². The maximum Gasteiger partial charge on any atom is 0.253 e. The molecule has 1 N–H and O–H groups in total. The number of rotatable bonds is 7. The fourth-order valence-corrected chi connectivity index (χ4v) is 3.76. The normalized spacial score (nSPS) is 16.1. The van der Waals surface area contributed by atoms with E-state index in [2.05, 4.69) is 10.2 Å². The largest absolute Gasteiger partial charge is 0.487 e. The first-order chi connectivity index (χ1) is 14.6. The molecule has 0 bridgehead atoms. The highest BCUT2D eigenvalue weighted by atomic mass is 35.5. The molecule has 7 heteroatoms. The van der Waals surface area contributed by atoms with Crippen LogP contribution in [0.15, 0.2) is 54.6 Å². The molecule has 1 atom stereocenters. The Labute approximate surface area is 180 Å². The Kier molecular flexibility index (Phi) is 6.35. The number of halogens is 1. The van der Waals surface area contributed by atoms with Gasteiger partial charge in [0.1, 0.15) is 12.4 Å². The third-order valence-electron chi connectivity index (χ3n) is 5.26. The van der Waals surface area contributed by atoms with E-state index in [1.807, 2.05) is 47.4 Å². The van der Waals surface area contributed by atoms with Crippen molar-refractivity contribution in [2.45, 2.75) is 25.6 Å². The van der Waals surface area contributed by atoms with Crippen molar-refractivity contribution in [2.24, 2.45) is 0 Å². The average molecular weight is 426 g/mol. The summed E-state index contributed by atoms with van der Waals surface area (Å²) < 4.78 is 10.9. The zero-order chi connectivity index (χ0) is 20.9. The molecule has 6 nitrogen and oxygen atoms in total. The van der Waals surface area contributed by atoms with Gasteiger partial charge in [-0.15, -0.1) is 0 Å². The molecule has 0 aliphatic carbocycles. The van der Waals surface area contributed by atoms with Gasteiger partial charge in [0.2, 0.25) is 0 Å². The van der Waals surface area contributed by atoms with Crippen molar-refractivity contribution in [3.05, 3.63) is 82.1 Å². The summed E-state index contributed by atoms with van der Waals surface area (Å²) in [5.41, 5.74) is 3.63. The number of aromatic amines is 1. The number of nitrogens with zero attached hydrogens (tertiary/aromatic N) is 2. The topological polar surface area (TPSA) is 67.4 Å². The lowest BCUT2D eigenvalue weighted by molar-refractivity contribution is 0.0790. The first-order valence-electron chi connectivity index (χ1n) is 9.92. The number of hydrogen-bond acceptors (Lipinski definition) is 4. The van der Waals surface area contributed by atoms with Crippen LogP contribution in [0.3, 0.4) is 0 Å². The summed E-state index contributed by atoms with van der Waals surface area (Å²) in [7, 11) is 1.66. The summed E-state index contributed by atoms with van der Waals surface area (Å²) in [5.74, 6) is 1.04. The second-order valence-corrected chi connectivity index (χ2v) is 7.86. The number of benzene rings is 2. The number of carbonyl (C=O) groups is 1. The van der Waals surface area contributed by atoms with Gasteiger partial charge in [-0.05, 0) is 54.4 Å². The third-order valence-corrected chi connectivity index (χ3v) is 5.52. The van der Waals surface area contributed by atoms with Crippen LogP contribution in [0.25, 0.3) is 0 Å². The summed E-state index contributed by atoms with van der Waals surface area (Å²) in [5, 5.41) is 8.17. The van der Waals surface area contributed by atoms with Crippen LogP contribution in [0, 0.1) is 0 Å². The van der Waals surface area contributed by atoms with Gasteiger partial charge in [-0.2, -0.15) is 5.10 Å². The molecule has 2 heterocycles. The van der Waals surface area contributed by atoms with Gasteiger partial charge in [0.15, 0.2) is 0 Å². The zero-order valence-corrected chi connectivity index (χ0v) is 17.6. The number of methoxy groups -OCH3 is 1. The van der Waals surface area contributed by atoms with Crippen molar-refractivity contribution in [2.75, 3.05) is 20.2 Å². The van der Waals surface area contributed by atoms with Crippen molar-refractivity contribution in [3.63, 3.8) is 0 Å². The van der Waals surface area contributed by atoms with Crippen LogP contribution in [-0.2, 0) is 18.0 Å². The van der Waals surface area contributed by atoms with Gasteiger partial charge in [0.25, 0.3) is 5.91 Å². The Morgan fingerprint density at radius 2 is 1.93 bits per heavy atom. The number of aromatic nitrogens is 2. The fraction of sp³-hybridized carbons (Fsp3) is 0.304. The predicted octanol–water partition coefficient (Wildman–Crippen LogP) is 4.42. The molecule has 3 aromatic rings. The monoisotopic (exact) mass is 425 g/mol. The molecular weight excluding hydrogens is 402 g/mol. The zero-order valence-electron chi connectivity index (χ0n) is 16.8. The van der Waals surface area contributed by atoms with Crippen LogP contribution in [0.1, 0.15) is 39.6 Å². The predicted molar refractivity (Wildman–Crippen MR) is 115 cm³/mol. The van der Waals surface area contributed by atoms with E-state index in [9.17, 15) is 4.79 Å². The molecule has 1 aliphatic heterocycles. The number of amides is 1. The summed E-state index contributed by atoms with van der Waals surface area (Å²) in [6, 6.07) is 16.9. The Hall–Kier alpha value is -2.83. The van der Waals surface area contributed by atoms with Crippen LogP contribution in [0.5, 0.6) is 5.75 Å². The van der Waals surface area contributed by atoms with Crippen LogP contribution in [-0.4, -0.2) is 41.2 Å². The Bertz CT molecular complexity index is 986. The van der Waals surface area contributed by atoms with Gasteiger partial charge in [0.05, 0.1) is 18.0 Å². The minimum Gasteiger partial charge on any atom is -0.487 e. The summed E-state index contributed by atoms with van der Waals surface area (Å²) in [4.78, 5) is 14.7. The smallest absolute Gasteiger partial charge is 0.253 e. The average Bonchev–Trinajstić information content (AvgIpc) is 3.43. The van der Waals surface area contributed by atoms with Crippen LogP contribution < -0.4 is 4.74 Å². The van der Waals surface area contributed by atoms with Gasteiger partial charge < -0.3 is 14.4 Å². The number of hydrogen-bond donors (Lipinski definition) is 1. The number of H-pyrrole nitrogens is 1. The summed E-state index contributed by atoms with van der Waals surface area (Å²) in [6.45, 7) is 2.34. The minimum atomic E-state index is 0.0586. The number of ether oxygens (including phenoxy) is 2. The van der Waals surface area contributed by atoms with Crippen LogP contribution in [0.2, 0.25) is 5.02 Å². The lowest BCUT2D eigenvalue weighted by Gasteiger charge is -2.16. The van der Waals surface area contributed by atoms with Crippen molar-refractivity contribution in [1.82, 2.24) is 15.1 Å². The number of carbonyl (C=O) groups excluding carboxylic acids is 1. The second-order valence-electron chi connectivity index (χ2n) is 7.43. The summed E-state index contributed by atoms with van der Waals surface area (Å²) >= 11 is 5.89. The SMILES string of the molecule is COCc1ccc(C(=O)N2CCC(c3cc(COc4ccc(Cl)cc4)[nH]n3)C2)cc1. The van der Waals surface area contributed by atoms with Gasteiger partial charge in [0, 0.05) is 36.7 Å². The van der Waals surface area contributed by atoms with E-state index >= 15 is 0 Å². The number of nitrogens with one attached hydrogen (secondary N) is 1. The van der Waals surface area contributed by atoms with E-state index in [4.69, 9.17) is 21.1 Å². The molecule has 30 heavy (non-hydrogen) atoms. The van der Waals surface area contributed by atoms with E-state index in [-0.39, 0.29) is 11.8 Å². The van der Waals surface area contributed by atoms with Gasteiger partial charge in [-0.25, -0.2) is 0 Å². The van der Waals surface area contributed by atoms with Gasteiger partial charge in [-0.3, -0.25) is 9.89 Å². The molecule has 1 saturated heterocycles. The molecule has 1 unspecified atom stereocenters. The maximum atomic E-state index is 12.8. The molecule has 0 radical (unpaired) electrons. The Morgan fingerprint density at radius 3 is 2.67 bits per heavy atom. The summed E-state index contributed by atoms with van der Waals surface area (Å²) in [6.07, 6.45) is 0.899. The molecule has 156 valence electrons. The molecule has 1 amide bonds. The third kappa shape index (κ3) is 4.83. The van der Waals surface area contributed by atoms with Gasteiger partial charge >= 0.3 is 0 Å². The van der Waals surface area contributed by atoms with Crippen molar-refractivity contribution < 1.29 is 14.3 Å². The van der Waals surface area contributed by atoms with Crippen LogP contribution in [0.4, 0.5) is 0 Å². The lowest BCUT2D eigenvalue weighted by atomic mass is 10.1. The molecule has 1 aliphatic rings. The highest BCUT2D eigenvalue weighted by Gasteiger charge is 2.29. The van der Waals surface area contributed by atoms with E-state index < -0.39 is 0 Å². The van der Waals surface area contributed by atoms with Crippen LogP contribution >= 0.6 is 11.6 Å². The highest BCUT2D eigenvalue weighted by molar-refractivity contribution is 6.30. The quantitative estimate of drug-likeness (QED) is 0.608. The molecule has 4 rings (SSSR count). The van der Waals surface area contributed by atoms with E-state index in [0.717, 1.165) is 35.7 Å². The van der Waals surface area contributed by atoms with E-state index in [1.165, 1.54) is 0 Å². The molecule has 0 saturated carbocycles. The maximum absolute atomic E-state index is 12.8. The standard InChI is InChI=1S/C23H24ClN3O3/c1-29-14-16-2-4-17(5-3-16)23(28)27-11-10-18(13-27)22-12-20(25-26-22)15-30-21-8-6-19(24)7-9-21/h2-9,12,18H,10-11,13-15H2,1H3,(H,25,26). The number of likely N-dealkylation sites (tertiary alicyclic amines) is 1. The minimum absolute atomic E-state index is 0.0586. The first kappa shape index (κ1) is 20.4. The second kappa shape index (κ2) is 9.32. The van der Waals surface area contributed by atoms with Crippen molar-refractivity contribution >= 4 is 17.5 Å². The lowest BCUT2D eigenvalue weighted by Crippen LogP contribution is -2.28. The molecule has 1 aromatic heterocycles. The van der Waals surface area contributed by atoms with E-state index in [0.29, 0.717) is 30.3 Å². The molecule has 1 fully saturated rings. The highest BCUT2D eigenvalue weighted by Crippen LogP contribution is 2.28. The molecule has 0 spiro atoms. The van der Waals surface area contributed by atoms with Crippen molar-refractivity contribution in [1.29, 1.82) is 0 Å². The fourth-order valence-electron chi connectivity index (χ4n) is 3.63. The first-order valence-corrected chi connectivity index (χ1v) is 10.3. The molecular formula is C23H24ClN3O3. The van der Waals surface area contributed by atoms with E-state index in [1.54, 1.807) is 19.2 Å². The molecule has 2 aromatic carbocycles.